The van der Waals surface area contributed by atoms with Gasteiger partial charge in [-0.3, -0.25) is 9.79 Å². The smallest absolute Gasteiger partial charge is 0.229 e. The van der Waals surface area contributed by atoms with Gasteiger partial charge < -0.3 is 11.1 Å². The molecule has 2 aliphatic carbocycles. The zero-order valence-electron chi connectivity index (χ0n) is 23.0. The van der Waals surface area contributed by atoms with Crippen LogP contribution in [-0.2, 0) is 11.2 Å². The number of nitrogens with zero attached hydrogens (tertiary/aromatic N) is 2. The third-order valence-electron chi connectivity index (χ3n) is 8.28. The van der Waals surface area contributed by atoms with E-state index in [4.69, 9.17) is 10.7 Å². The van der Waals surface area contributed by atoms with Crippen molar-refractivity contribution in [3.8, 4) is 0 Å². The number of carbonyl (C=O) groups excluding carboxylic acids is 1. The summed E-state index contributed by atoms with van der Waals surface area (Å²) < 4.78 is 0. The van der Waals surface area contributed by atoms with Crippen LogP contribution in [0.5, 0.6) is 0 Å². The Morgan fingerprint density at radius 2 is 1.90 bits per heavy atom. The van der Waals surface area contributed by atoms with Gasteiger partial charge in [0.25, 0.3) is 0 Å². The highest BCUT2D eigenvalue weighted by Gasteiger charge is 2.41. The molecule has 5 heteroatoms. The SMILES string of the molecule is C=N/C=C(\N=C(CC12CCC(C)=C(CC(C)C1)C2)NC(=O)Cc1ccc2ccccc2c1)c1ccc(N)cc1. The summed E-state index contributed by atoms with van der Waals surface area (Å²) in [5.41, 5.74) is 12.4. The van der Waals surface area contributed by atoms with Gasteiger partial charge >= 0.3 is 0 Å². The predicted octanol–water partition coefficient (Wildman–Crippen LogP) is 7.49. The van der Waals surface area contributed by atoms with E-state index in [1.165, 1.54) is 11.8 Å². The van der Waals surface area contributed by atoms with Gasteiger partial charge in [-0.1, -0.05) is 72.7 Å². The first kappa shape index (κ1) is 26.6. The zero-order valence-corrected chi connectivity index (χ0v) is 23.0. The minimum Gasteiger partial charge on any atom is -0.399 e. The molecule has 5 nitrogen and oxygen atoms in total. The molecule has 3 aromatic carbocycles. The van der Waals surface area contributed by atoms with Gasteiger partial charge in [0.1, 0.15) is 5.84 Å². The third kappa shape index (κ3) is 6.36. The Bertz CT molecular complexity index is 1480. The number of fused-ring (bicyclic) bond motifs is 3. The number of benzene rings is 3. The van der Waals surface area contributed by atoms with Crippen LogP contribution in [0.3, 0.4) is 0 Å². The van der Waals surface area contributed by atoms with E-state index in [-0.39, 0.29) is 17.7 Å². The van der Waals surface area contributed by atoms with E-state index in [1.54, 1.807) is 17.3 Å². The van der Waals surface area contributed by atoms with Crippen molar-refractivity contribution in [2.24, 2.45) is 21.3 Å². The van der Waals surface area contributed by atoms with Crippen molar-refractivity contribution >= 4 is 40.6 Å². The fourth-order valence-corrected chi connectivity index (χ4v) is 6.46. The normalized spacial score (nSPS) is 21.6. The maximum Gasteiger partial charge on any atom is 0.229 e. The first-order chi connectivity index (χ1) is 18.8. The second-order valence-corrected chi connectivity index (χ2v) is 11.5. The van der Waals surface area contributed by atoms with Gasteiger partial charge in [0, 0.05) is 17.7 Å². The summed E-state index contributed by atoms with van der Waals surface area (Å²) in [4.78, 5) is 22.5. The summed E-state index contributed by atoms with van der Waals surface area (Å²) in [6.07, 6.45) is 8.32. The van der Waals surface area contributed by atoms with Gasteiger partial charge in [0.05, 0.1) is 18.3 Å². The molecule has 2 aliphatic rings. The van der Waals surface area contributed by atoms with Crippen molar-refractivity contribution in [2.75, 3.05) is 5.73 Å². The molecule has 0 saturated heterocycles. The number of carbonyl (C=O) groups is 1. The van der Waals surface area contributed by atoms with Gasteiger partial charge in [-0.05, 0) is 85.5 Å². The Labute approximate surface area is 231 Å². The van der Waals surface area contributed by atoms with Gasteiger partial charge in [-0.25, -0.2) is 4.99 Å². The number of anilines is 1. The van der Waals surface area contributed by atoms with E-state index in [0.717, 1.165) is 48.6 Å². The van der Waals surface area contributed by atoms with Crippen LogP contribution < -0.4 is 11.1 Å². The topological polar surface area (TPSA) is 79.8 Å². The van der Waals surface area contributed by atoms with Crippen LogP contribution >= 0.6 is 0 Å². The quantitative estimate of drug-likeness (QED) is 0.147. The first-order valence-corrected chi connectivity index (χ1v) is 13.9. The highest BCUT2D eigenvalue weighted by Crippen LogP contribution is 2.52. The van der Waals surface area contributed by atoms with Crippen molar-refractivity contribution in [3.63, 3.8) is 0 Å². The Balaban J connectivity index is 1.45. The molecule has 3 N–H and O–H groups in total. The largest absolute Gasteiger partial charge is 0.399 e. The molecule has 0 radical (unpaired) electrons. The first-order valence-electron chi connectivity index (χ1n) is 13.9. The lowest BCUT2D eigenvalue weighted by atomic mass is 9.60. The van der Waals surface area contributed by atoms with Crippen LogP contribution in [-0.4, -0.2) is 18.5 Å². The summed E-state index contributed by atoms with van der Waals surface area (Å²) >= 11 is 0. The Hall–Kier alpha value is -3.99. The molecule has 2 bridgehead atoms. The molecule has 3 aromatic rings. The number of amidine groups is 1. The molecule has 39 heavy (non-hydrogen) atoms. The van der Waals surface area contributed by atoms with Crippen molar-refractivity contribution < 1.29 is 4.79 Å². The van der Waals surface area contributed by atoms with E-state index >= 15 is 0 Å². The molecular formula is C34H38N4O. The number of amides is 1. The Morgan fingerprint density at radius 3 is 2.67 bits per heavy atom. The molecule has 200 valence electrons. The van der Waals surface area contributed by atoms with E-state index in [9.17, 15) is 4.79 Å². The van der Waals surface area contributed by atoms with Gasteiger partial charge in [-0.2, -0.15) is 0 Å². The minimum absolute atomic E-state index is 0.0599. The summed E-state index contributed by atoms with van der Waals surface area (Å²) in [6.45, 7) is 8.30. The zero-order chi connectivity index (χ0) is 27.4. The second kappa shape index (κ2) is 11.4. The lowest BCUT2D eigenvalue weighted by Crippen LogP contribution is -2.40. The lowest BCUT2D eigenvalue weighted by Gasteiger charge is -2.45. The van der Waals surface area contributed by atoms with Crippen molar-refractivity contribution in [3.05, 3.63) is 95.2 Å². The number of nitrogens with two attached hydrogens (primary N) is 1. The van der Waals surface area contributed by atoms with Crippen molar-refractivity contribution in [1.29, 1.82) is 0 Å². The summed E-state index contributed by atoms with van der Waals surface area (Å²) in [6, 6.07) is 22.0. The molecule has 5 rings (SSSR count). The molecule has 1 amide bonds. The standard InChI is InChI=1S/C34H38N4O/c1-23-16-29-20-34(19-23,15-14-24(29)2)21-32(37-31(22-36-3)27-10-12-30(35)13-11-27)38-33(39)18-25-8-9-26-6-4-5-7-28(26)17-25/h4-13,17,22-23H,3,14-16,18-21,35H2,1-2H3,(H,37,38,39)/b31-22-. The van der Waals surface area contributed by atoms with Crippen LogP contribution in [0.2, 0.25) is 0 Å². The maximum absolute atomic E-state index is 13.4. The fourth-order valence-electron chi connectivity index (χ4n) is 6.46. The van der Waals surface area contributed by atoms with Crippen molar-refractivity contribution in [2.45, 2.75) is 58.8 Å². The molecule has 1 fully saturated rings. The number of nitrogen functional groups attached to an aromatic ring is 1. The molecular weight excluding hydrogens is 480 g/mol. The molecule has 0 aliphatic heterocycles. The summed E-state index contributed by atoms with van der Waals surface area (Å²) in [5.74, 6) is 1.26. The van der Waals surface area contributed by atoms with Crippen LogP contribution in [0.25, 0.3) is 16.5 Å². The highest BCUT2D eigenvalue weighted by molar-refractivity contribution is 6.01. The van der Waals surface area contributed by atoms with Crippen LogP contribution in [0.15, 0.2) is 94.1 Å². The van der Waals surface area contributed by atoms with Crippen LogP contribution in [0.1, 0.15) is 63.5 Å². The van der Waals surface area contributed by atoms with Crippen LogP contribution in [0.4, 0.5) is 5.69 Å². The number of hydrogen-bond donors (Lipinski definition) is 2. The molecule has 0 aromatic heterocycles. The van der Waals surface area contributed by atoms with Crippen LogP contribution in [0, 0.1) is 11.3 Å². The molecule has 1 saturated carbocycles. The van der Waals surface area contributed by atoms with E-state index < -0.39 is 0 Å². The minimum atomic E-state index is -0.0599. The number of hydrogen-bond acceptors (Lipinski definition) is 4. The molecule has 2 atom stereocenters. The average Bonchev–Trinajstić information content (AvgIpc) is 2.91. The van der Waals surface area contributed by atoms with Gasteiger partial charge in [0.2, 0.25) is 5.91 Å². The van der Waals surface area contributed by atoms with E-state index in [2.05, 4.69) is 55.1 Å². The highest BCUT2D eigenvalue weighted by atomic mass is 16.1. The van der Waals surface area contributed by atoms with Crippen molar-refractivity contribution in [1.82, 2.24) is 5.32 Å². The number of rotatable bonds is 7. The summed E-state index contributed by atoms with van der Waals surface area (Å²) in [7, 11) is 0. The number of nitrogens with one attached hydrogen (secondary N) is 1. The fraction of sp³-hybridized carbons (Fsp3) is 0.324. The molecule has 0 spiro atoms. The molecule has 0 heterocycles. The monoisotopic (exact) mass is 518 g/mol. The lowest BCUT2D eigenvalue weighted by molar-refractivity contribution is -0.119. The summed E-state index contributed by atoms with van der Waals surface area (Å²) in [5, 5.41) is 5.52. The van der Waals surface area contributed by atoms with Gasteiger partial charge in [-0.15, -0.1) is 0 Å². The maximum atomic E-state index is 13.4. The third-order valence-corrected chi connectivity index (χ3v) is 8.28. The average molecular weight is 519 g/mol. The Kier molecular flexibility index (Phi) is 7.78. The predicted molar refractivity (Wildman–Crippen MR) is 164 cm³/mol. The number of allylic oxidation sites excluding steroid dienone is 2. The van der Waals surface area contributed by atoms with E-state index in [1.807, 2.05) is 42.5 Å². The van der Waals surface area contributed by atoms with E-state index in [0.29, 0.717) is 23.1 Å². The Morgan fingerprint density at radius 1 is 1.13 bits per heavy atom. The number of aliphatic imine (C=N–C) groups is 2. The molecule has 2 unspecified atom stereocenters. The second-order valence-electron chi connectivity index (χ2n) is 11.5. The van der Waals surface area contributed by atoms with Gasteiger partial charge in [0.15, 0.2) is 0 Å².